The minimum absolute atomic E-state index is 0.818. The molecule has 11 heavy (non-hydrogen) atoms. The molecule has 0 unspecified atom stereocenters. The van der Waals surface area contributed by atoms with Gasteiger partial charge in [0, 0.05) is 11.5 Å². The van der Waals surface area contributed by atoms with Crippen LogP contribution in [-0.2, 0) is 0 Å². The topological polar surface area (TPSA) is 0 Å². The lowest BCUT2D eigenvalue weighted by molar-refractivity contribution is 1.26. The van der Waals surface area contributed by atoms with Gasteiger partial charge in [-0.15, -0.1) is 0 Å². The van der Waals surface area contributed by atoms with Gasteiger partial charge in [0.05, 0.1) is 0 Å². The monoisotopic (exact) mass is 166 g/mol. The van der Waals surface area contributed by atoms with Crippen LogP contribution in [0.5, 0.6) is 0 Å². The fraction of sp³-hybridized carbons (Fsp3) is 0.200. The summed E-state index contributed by atoms with van der Waals surface area (Å²) in [5.41, 5.74) is 3.30. The van der Waals surface area contributed by atoms with Gasteiger partial charge in [0.1, 0.15) is 0 Å². The van der Waals surface area contributed by atoms with Crippen LogP contribution in [0.25, 0.3) is 0 Å². The average molecular weight is 167 g/mol. The van der Waals surface area contributed by atoms with Gasteiger partial charge < -0.3 is 0 Å². The van der Waals surface area contributed by atoms with E-state index in [1.165, 1.54) is 5.57 Å². The van der Waals surface area contributed by atoms with E-state index in [0.29, 0.717) is 0 Å². The quantitative estimate of drug-likeness (QED) is 0.551. The normalized spacial score (nSPS) is 16.7. The zero-order valence-electron chi connectivity index (χ0n) is 6.65. The van der Waals surface area contributed by atoms with Crippen LogP contribution in [0.4, 0.5) is 0 Å². The highest BCUT2D eigenvalue weighted by Gasteiger charge is 2.11. The molecular formula is C10H11Cl. The fourth-order valence-electron chi connectivity index (χ4n) is 1.03. The van der Waals surface area contributed by atoms with E-state index in [2.05, 4.69) is 19.2 Å². The first-order valence-electron chi connectivity index (χ1n) is 3.52. The largest absolute Gasteiger partial charge is 0.0985 e. The molecule has 1 heteroatoms. The Kier molecular flexibility index (Phi) is 2.35. The average Bonchev–Trinajstić information content (AvgIpc) is 2.31. The summed E-state index contributed by atoms with van der Waals surface area (Å²) in [6, 6.07) is 0. The molecule has 0 aromatic carbocycles. The molecule has 0 nitrogen and oxygen atoms in total. The highest BCUT2D eigenvalue weighted by molar-refractivity contribution is 6.30. The predicted octanol–water partition coefficient (Wildman–Crippen LogP) is 3.57. The maximum Gasteiger partial charge on any atom is 0.0254 e. The van der Waals surface area contributed by atoms with E-state index in [0.717, 1.165) is 22.6 Å². The molecule has 0 amide bonds. The molecule has 0 radical (unpaired) electrons. The lowest BCUT2D eigenvalue weighted by Gasteiger charge is -1.98. The zero-order chi connectivity index (χ0) is 8.43. The molecule has 0 spiro atoms. The molecule has 1 aliphatic carbocycles. The maximum atomic E-state index is 5.91. The number of rotatable bonds is 2. The van der Waals surface area contributed by atoms with Gasteiger partial charge in [0.25, 0.3) is 0 Å². The molecule has 1 aliphatic rings. The van der Waals surface area contributed by atoms with E-state index in [4.69, 9.17) is 11.6 Å². The number of hydrogen-bond donors (Lipinski definition) is 0. The second-order valence-electron chi connectivity index (χ2n) is 2.66. The summed E-state index contributed by atoms with van der Waals surface area (Å²) in [5, 5.41) is 0.919. The van der Waals surface area contributed by atoms with Gasteiger partial charge >= 0.3 is 0 Å². The number of allylic oxidation sites excluding steroid dienone is 6. The molecule has 0 aliphatic heterocycles. The molecule has 0 saturated heterocycles. The second-order valence-corrected chi connectivity index (χ2v) is 3.12. The Morgan fingerprint density at radius 3 is 2.73 bits per heavy atom. The first kappa shape index (κ1) is 8.35. The molecule has 0 aromatic heterocycles. The van der Waals surface area contributed by atoms with Crippen molar-refractivity contribution in [2.24, 2.45) is 0 Å². The highest BCUT2D eigenvalue weighted by Crippen LogP contribution is 2.31. The summed E-state index contributed by atoms with van der Waals surface area (Å²) < 4.78 is 0. The summed E-state index contributed by atoms with van der Waals surface area (Å²) in [5.74, 6) is 0. The lowest BCUT2D eigenvalue weighted by Crippen LogP contribution is -1.79. The summed E-state index contributed by atoms with van der Waals surface area (Å²) >= 11 is 5.91. The third-order valence-electron chi connectivity index (χ3n) is 1.82. The van der Waals surface area contributed by atoms with Crippen LogP contribution in [0.3, 0.4) is 0 Å². The number of halogens is 1. The Hall–Kier alpha value is -0.750. The van der Waals surface area contributed by atoms with Gasteiger partial charge in [-0.25, -0.2) is 0 Å². The van der Waals surface area contributed by atoms with Crippen LogP contribution in [-0.4, -0.2) is 0 Å². The van der Waals surface area contributed by atoms with Crippen LogP contribution >= 0.6 is 11.6 Å². The van der Waals surface area contributed by atoms with Crippen molar-refractivity contribution in [1.29, 1.82) is 0 Å². The molecule has 0 aromatic rings. The Balaban J connectivity index is 2.79. The third kappa shape index (κ3) is 1.63. The van der Waals surface area contributed by atoms with E-state index >= 15 is 0 Å². The first-order chi connectivity index (χ1) is 5.15. The van der Waals surface area contributed by atoms with Crippen LogP contribution in [0.2, 0.25) is 0 Å². The van der Waals surface area contributed by atoms with Crippen molar-refractivity contribution in [2.45, 2.75) is 13.3 Å². The molecular weight excluding hydrogens is 156 g/mol. The molecule has 58 valence electrons. The maximum absolute atomic E-state index is 5.91. The number of hydrogen-bond acceptors (Lipinski definition) is 0. The van der Waals surface area contributed by atoms with Crippen LogP contribution < -0.4 is 0 Å². The van der Waals surface area contributed by atoms with Crippen LogP contribution in [0.15, 0.2) is 47.1 Å². The summed E-state index contributed by atoms with van der Waals surface area (Å²) in [6.07, 6.45) is 4.64. The van der Waals surface area contributed by atoms with Crippen molar-refractivity contribution in [1.82, 2.24) is 0 Å². The van der Waals surface area contributed by atoms with Crippen LogP contribution in [0, 0.1) is 0 Å². The molecule has 0 heterocycles. The van der Waals surface area contributed by atoms with Gasteiger partial charge in [0.15, 0.2) is 0 Å². The predicted molar refractivity (Wildman–Crippen MR) is 50.6 cm³/mol. The molecule has 0 bridgehead atoms. The van der Waals surface area contributed by atoms with Gasteiger partial charge in [-0.05, 0) is 23.6 Å². The van der Waals surface area contributed by atoms with Crippen molar-refractivity contribution in [3.8, 4) is 0 Å². The van der Waals surface area contributed by atoms with Gasteiger partial charge in [-0.2, -0.15) is 0 Å². The van der Waals surface area contributed by atoms with Gasteiger partial charge in [-0.1, -0.05) is 36.9 Å². The van der Waals surface area contributed by atoms with E-state index < -0.39 is 0 Å². The van der Waals surface area contributed by atoms with E-state index in [9.17, 15) is 0 Å². The van der Waals surface area contributed by atoms with Crippen molar-refractivity contribution in [3.63, 3.8) is 0 Å². The minimum atomic E-state index is 0.818. The van der Waals surface area contributed by atoms with E-state index in [-0.39, 0.29) is 0 Å². The smallest absolute Gasteiger partial charge is 0.0254 e. The Morgan fingerprint density at radius 1 is 1.73 bits per heavy atom. The Morgan fingerprint density at radius 2 is 2.36 bits per heavy atom. The Bertz CT molecular complexity index is 267. The molecule has 1 rings (SSSR count). The van der Waals surface area contributed by atoms with Gasteiger partial charge in [0.2, 0.25) is 0 Å². The van der Waals surface area contributed by atoms with Crippen molar-refractivity contribution < 1.29 is 0 Å². The first-order valence-corrected chi connectivity index (χ1v) is 3.90. The van der Waals surface area contributed by atoms with Crippen molar-refractivity contribution in [3.05, 3.63) is 47.1 Å². The fourth-order valence-corrected chi connectivity index (χ4v) is 1.23. The molecule has 0 N–H and O–H groups in total. The Labute approximate surface area is 72.6 Å². The zero-order valence-corrected chi connectivity index (χ0v) is 7.41. The molecule has 0 saturated carbocycles. The summed E-state index contributed by atoms with van der Waals surface area (Å²) in [6.45, 7) is 9.51. The summed E-state index contributed by atoms with van der Waals surface area (Å²) in [4.78, 5) is 0. The van der Waals surface area contributed by atoms with E-state index in [1.54, 1.807) is 6.08 Å². The van der Waals surface area contributed by atoms with Gasteiger partial charge in [-0.3, -0.25) is 0 Å². The summed E-state index contributed by atoms with van der Waals surface area (Å²) in [7, 11) is 0. The highest BCUT2D eigenvalue weighted by atomic mass is 35.5. The third-order valence-corrected chi connectivity index (χ3v) is 2.25. The lowest BCUT2D eigenvalue weighted by atomic mass is 10.1. The van der Waals surface area contributed by atoms with E-state index in [1.807, 2.05) is 6.92 Å². The van der Waals surface area contributed by atoms with Crippen molar-refractivity contribution >= 4 is 11.6 Å². The van der Waals surface area contributed by atoms with Crippen LogP contribution in [0.1, 0.15) is 13.3 Å². The van der Waals surface area contributed by atoms with Crippen molar-refractivity contribution in [2.75, 3.05) is 0 Å². The SMILES string of the molecule is C=CC(=C)C1=CC(C)=C(Cl)C1. The molecule has 0 atom stereocenters. The standard InChI is InChI=1S/C10H11Cl/c1-4-7(2)9-5-8(3)10(11)6-9/h4-5H,1-2,6H2,3H3. The minimum Gasteiger partial charge on any atom is -0.0985 e. The molecule has 0 fully saturated rings. The second kappa shape index (κ2) is 3.10.